The minimum absolute atomic E-state index is 0.454. The van der Waals surface area contributed by atoms with Crippen molar-refractivity contribution >= 4 is 5.97 Å². The highest BCUT2D eigenvalue weighted by molar-refractivity contribution is 5.76. The summed E-state index contributed by atoms with van der Waals surface area (Å²) in [6.07, 6.45) is 0.454. The quantitative estimate of drug-likeness (QED) is 0.905. The first-order valence-electron chi connectivity index (χ1n) is 6.52. The molecule has 0 radical (unpaired) electrons. The Kier molecular flexibility index (Phi) is 4.41. The standard InChI is InChI=1S/C17H18O3/c1-12-6-8-14(9-7-12)16(17(18)19)11-13-4-3-5-15(10-13)20-2/h3-10,16H,11H2,1-2H3,(H,18,19)/t16-/m0/s1. The number of aliphatic carboxylic acids is 1. The van der Waals surface area contributed by atoms with Gasteiger partial charge in [0.05, 0.1) is 13.0 Å². The van der Waals surface area contributed by atoms with Crippen molar-refractivity contribution in [3.8, 4) is 5.75 Å². The van der Waals surface area contributed by atoms with Gasteiger partial charge in [-0.15, -0.1) is 0 Å². The molecule has 2 aromatic carbocycles. The third-order valence-corrected chi connectivity index (χ3v) is 3.35. The number of carboxylic acids is 1. The summed E-state index contributed by atoms with van der Waals surface area (Å²) in [6, 6.07) is 15.2. The van der Waals surface area contributed by atoms with Crippen LogP contribution < -0.4 is 4.74 Å². The maximum Gasteiger partial charge on any atom is 0.311 e. The van der Waals surface area contributed by atoms with E-state index in [1.807, 2.05) is 55.5 Å². The molecule has 0 saturated heterocycles. The minimum atomic E-state index is -0.809. The fourth-order valence-corrected chi connectivity index (χ4v) is 2.18. The Morgan fingerprint density at radius 3 is 2.50 bits per heavy atom. The number of carboxylic acid groups (broad SMARTS) is 1. The van der Waals surface area contributed by atoms with Crippen molar-refractivity contribution in [2.24, 2.45) is 0 Å². The van der Waals surface area contributed by atoms with Gasteiger partial charge in [0.25, 0.3) is 0 Å². The first-order chi connectivity index (χ1) is 9.60. The van der Waals surface area contributed by atoms with E-state index in [0.717, 1.165) is 22.4 Å². The molecular formula is C17H18O3. The highest BCUT2D eigenvalue weighted by Gasteiger charge is 2.20. The molecule has 0 heterocycles. The van der Waals surface area contributed by atoms with Crippen molar-refractivity contribution in [1.82, 2.24) is 0 Å². The Morgan fingerprint density at radius 1 is 1.20 bits per heavy atom. The summed E-state index contributed by atoms with van der Waals surface area (Å²) in [5.41, 5.74) is 2.91. The van der Waals surface area contributed by atoms with Gasteiger partial charge in [-0.25, -0.2) is 0 Å². The van der Waals surface area contributed by atoms with Crippen molar-refractivity contribution < 1.29 is 14.6 Å². The Labute approximate surface area is 118 Å². The summed E-state index contributed by atoms with van der Waals surface area (Å²) < 4.78 is 5.17. The highest BCUT2D eigenvalue weighted by atomic mass is 16.5. The zero-order chi connectivity index (χ0) is 14.5. The van der Waals surface area contributed by atoms with Crippen LogP contribution in [0, 0.1) is 6.92 Å². The molecule has 2 rings (SSSR count). The fraction of sp³-hybridized carbons (Fsp3) is 0.235. The number of hydrogen-bond donors (Lipinski definition) is 1. The Balaban J connectivity index is 2.25. The molecule has 0 spiro atoms. The van der Waals surface area contributed by atoms with Crippen LogP contribution in [-0.4, -0.2) is 18.2 Å². The van der Waals surface area contributed by atoms with Crippen LogP contribution in [0.2, 0.25) is 0 Å². The first kappa shape index (κ1) is 14.1. The van der Waals surface area contributed by atoms with E-state index in [2.05, 4.69) is 0 Å². The molecule has 0 aliphatic carbocycles. The van der Waals surface area contributed by atoms with E-state index in [1.54, 1.807) is 7.11 Å². The molecule has 0 bridgehead atoms. The van der Waals surface area contributed by atoms with Gasteiger partial charge in [-0.1, -0.05) is 42.0 Å². The van der Waals surface area contributed by atoms with E-state index < -0.39 is 11.9 Å². The number of rotatable bonds is 5. The lowest BCUT2D eigenvalue weighted by Crippen LogP contribution is -2.14. The normalized spacial score (nSPS) is 11.9. The SMILES string of the molecule is COc1cccc(C[C@H](C(=O)O)c2ccc(C)cc2)c1. The monoisotopic (exact) mass is 270 g/mol. The average molecular weight is 270 g/mol. The summed E-state index contributed by atoms with van der Waals surface area (Å²) >= 11 is 0. The van der Waals surface area contributed by atoms with Crippen molar-refractivity contribution in [1.29, 1.82) is 0 Å². The Morgan fingerprint density at radius 2 is 1.90 bits per heavy atom. The molecule has 3 nitrogen and oxygen atoms in total. The summed E-state index contributed by atoms with van der Waals surface area (Å²) in [4.78, 5) is 11.5. The van der Waals surface area contributed by atoms with E-state index in [9.17, 15) is 9.90 Å². The van der Waals surface area contributed by atoms with Gasteiger partial charge in [-0.2, -0.15) is 0 Å². The van der Waals surface area contributed by atoms with Crippen molar-refractivity contribution in [2.75, 3.05) is 7.11 Å². The van der Waals surface area contributed by atoms with Gasteiger partial charge < -0.3 is 9.84 Å². The summed E-state index contributed by atoms with van der Waals surface area (Å²) in [5.74, 6) is -0.602. The molecule has 0 aliphatic heterocycles. The number of methoxy groups -OCH3 is 1. The van der Waals surface area contributed by atoms with Gasteiger partial charge in [-0.3, -0.25) is 4.79 Å². The van der Waals surface area contributed by atoms with Crippen LogP contribution in [0.1, 0.15) is 22.6 Å². The summed E-state index contributed by atoms with van der Waals surface area (Å²) in [5, 5.41) is 9.45. The molecule has 0 amide bonds. The van der Waals surface area contributed by atoms with E-state index in [1.165, 1.54) is 0 Å². The summed E-state index contributed by atoms with van der Waals surface area (Å²) in [6.45, 7) is 1.99. The Hall–Kier alpha value is -2.29. The summed E-state index contributed by atoms with van der Waals surface area (Å²) in [7, 11) is 1.60. The maximum absolute atomic E-state index is 11.5. The second-order valence-corrected chi connectivity index (χ2v) is 4.86. The molecule has 0 aromatic heterocycles. The Bertz CT molecular complexity index is 587. The topological polar surface area (TPSA) is 46.5 Å². The highest BCUT2D eigenvalue weighted by Crippen LogP contribution is 2.23. The van der Waals surface area contributed by atoms with Crippen molar-refractivity contribution in [3.63, 3.8) is 0 Å². The van der Waals surface area contributed by atoms with Crippen LogP contribution in [0.3, 0.4) is 0 Å². The lowest BCUT2D eigenvalue weighted by atomic mass is 9.91. The molecule has 3 heteroatoms. The van der Waals surface area contributed by atoms with Gasteiger partial charge in [0.1, 0.15) is 5.75 Å². The molecule has 0 unspecified atom stereocenters. The lowest BCUT2D eigenvalue weighted by Gasteiger charge is -2.14. The van der Waals surface area contributed by atoms with Gasteiger partial charge in [0.15, 0.2) is 0 Å². The molecular weight excluding hydrogens is 252 g/mol. The predicted octanol–water partition coefficient (Wildman–Crippen LogP) is 3.41. The van der Waals surface area contributed by atoms with E-state index >= 15 is 0 Å². The van der Waals surface area contributed by atoms with Gasteiger partial charge >= 0.3 is 5.97 Å². The largest absolute Gasteiger partial charge is 0.497 e. The fourth-order valence-electron chi connectivity index (χ4n) is 2.18. The van der Waals surface area contributed by atoms with Crippen LogP contribution in [0.15, 0.2) is 48.5 Å². The zero-order valence-electron chi connectivity index (χ0n) is 11.7. The molecule has 0 aliphatic rings. The zero-order valence-corrected chi connectivity index (χ0v) is 11.7. The number of ether oxygens (including phenoxy) is 1. The molecule has 0 fully saturated rings. The van der Waals surface area contributed by atoms with Crippen LogP contribution >= 0.6 is 0 Å². The van der Waals surface area contributed by atoms with Crippen LogP contribution in [0.5, 0.6) is 5.75 Å². The minimum Gasteiger partial charge on any atom is -0.497 e. The molecule has 2 aromatic rings. The molecule has 104 valence electrons. The second kappa shape index (κ2) is 6.24. The molecule has 1 N–H and O–H groups in total. The van der Waals surface area contributed by atoms with E-state index in [4.69, 9.17) is 4.74 Å². The molecule has 1 atom stereocenters. The van der Waals surface area contributed by atoms with Crippen molar-refractivity contribution in [2.45, 2.75) is 19.3 Å². The lowest BCUT2D eigenvalue weighted by molar-refractivity contribution is -0.138. The van der Waals surface area contributed by atoms with Crippen LogP contribution in [0.4, 0.5) is 0 Å². The van der Waals surface area contributed by atoms with E-state index in [-0.39, 0.29) is 0 Å². The van der Waals surface area contributed by atoms with Gasteiger partial charge in [0, 0.05) is 0 Å². The average Bonchev–Trinajstić information content (AvgIpc) is 2.46. The number of hydrogen-bond acceptors (Lipinski definition) is 2. The first-order valence-corrected chi connectivity index (χ1v) is 6.52. The predicted molar refractivity (Wildman–Crippen MR) is 78.3 cm³/mol. The third kappa shape index (κ3) is 3.38. The number of aryl methyl sites for hydroxylation is 1. The van der Waals surface area contributed by atoms with E-state index in [0.29, 0.717) is 6.42 Å². The molecule has 0 saturated carbocycles. The molecule has 20 heavy (non-hydrogen) atoms. The van der Waals surface area contributed by atoms with Gasteiger partial charge in [0.2, 0.25) is 0 Å². The number of benzene rings is 2. The smallest absolute Gasteiger partial charge is 0.311 e. The second-order valence-electron chi connectivity index (χ2n) is 4.86. The number of carbonyl (C=O) groups is 1. The van der Waals surface area contributed by atoms with Crippen molar-refractivity contribution in [3.05, 3.63) is 65.2 Å². The third-order valence-electron chi connectivity index (χ3n) is 3.35. The van der Waals surface area contributed by atoms with Crippen LogP contribution in [-0.2, 0) is 11.2 Å². The van der Waals surface area contributed by atoms with Gasteiger partial charge in [-0.05, 0) is 36.6 Å². The maximum atomic E-state index is 11.5. The van der Waals surface area contributed by atoms with Crippen LogP contribution in [0.25, 0.3) is 0 Å².